The molecule has 0 saturated carbocycles. The highest BCUT2D eigenvalue weighted by Gasteiger charge is 2.13. The molecule has 1 amide bonds. The number of carbonyl (C=O) groups is 2. The van der Waals surface area contributed by atoms with E-state index < -0.39 is 6.09 Å². The van der Waals surface area contributed by atoms with Crippen LogP contribution in [0.25, 0.3) is 0 Å². The molecule has 0 heterocycles. The maximum Gasteiger partial charge on any atom is 0.433 e. The predicted molar refractivity (Wildman–Crippen MR) is 65.5 cm³/mol. The molecule has 0 saturated heterocycles. The Morgan fingerprint density at radius 2 is 1.82 bits per heavy atom. The summed E-state index contributed by atoms with van der Waals surface area (Å²) in [5, 5.41) is 0. The molecule has 0 aliphatic carbocycles. The zero-order valence-corrected chi connectivity index (χ0v) is 9.97. The van der Waals surface area contributed by atoms with Gasteiger partial charge in [-0.3, -0.25) is 4.79 Å². The average molecular weight is 233 g/mol. The van der Waals surface area contributed by atoms with Gasteiger partial charge in [0.25, 0.3) is 0 Å². The normalized spacial score (nSPS) is 11.1. The first-order valence-corrected chi connectivity index (χ1v) is 5.53. The zero-order valence-electron chi connectivity index (χ0n) is 9.97. The Kier molecular flexibility index (Phi) is 5.07. The summed E-state index contributed by atoms with van der Waals surface area (Å²) in [5.41, 5.74) is 0.743. The van der Waals surface area contributed by atoms with E-state index >= 15 is 0 Å². The molecular formula is C13H15NO3. The lowest BCUT2D eigenvalue weighted by Gasteiger charge is -2.02. The average Bonchev–Trinajstić information content (AvgIpc) is 2.36. The largest absolute Gasteiger partial charge is 0.448 e. The molecule has 17 heavy (non-hydrogen) atoms. The summed E-state index contributed by atoms with van der Waals surface area (Å²) in [4.78, 5) is 26.8. The molecule has 4 nitrogen and oxygen atoms in total. The number of Topliss-reactive ketones (excluding diaryl/α,β-unsaturated/α-hetero) is 1. The number of rotatable bonds is 4. The van der Waals surface area contributed by atoms with Crippen LogP contribution in [-0.2, 0) is 4.74 Å². The van der Waals surface area contributed by atoms with E-state index in [-0.39, 0.29) is 18.1 Å². The quantitative estimate of drug-likeness (QED) is 0.593. The molecule has 0 aliphatic rings. The van der Waals surface area contributed by atoms with Crippen LogP contribution in [-0.4, -0.2) is 24.2 Å². The summed E-state index contributed by atoms with van der Waals surface area (Å²) < 4.78 is 4.68. The van der Waals surface area contributed by atoms with Crippen LogP contribution in [0.1, 0.15) is 30.6 Å². The predicted octanol–water partition coefficient (Wildman–Crippen LogP) is 2.88. The summed E-state index contributed by atoms with van der Waals surface area (Å²) in [6.07, 6.45) is -0.319. The fourth-order valence-corrected chi connectivity index (χ4v) is 1.31. The van der Waals surface area contributed by atoms with Crippen LogP contribution in [0.5, 0.6) is 0 Å². The van der Waals surface area contributed by atoms with E-state index in [0.717, 1.165) is 0 Å². The number of nitrogens with zero attached hydrogens (tertiary/aromatic N) is 1. The van der Waals surface area contributed by atoms with E-state index in [0.29, 0.717) is 12.0 Å². The van der Waals surface area contributed by atoms with Crippen molar-refractivity contribution in [1.82, 2.24) is 0 Å². The zero-order chi connectivity index (χ0) is 12.7. The number of benzene rings is 1. The molecule has 0 fully saturated rings. The van der Waals surface area contributed by atoms with E-state index in [1.165, 1.54) is 0 Å². The Morgan fingerprint density at radius 1 is 1.18 bits per heavy atom. The fraction of sp³-hybridized carbons (Fsp3) is 0.308. The first kappa shape index (κ1) is 13.1. The number of ketones is 1. The van der Waals surface area contributed by atoms with Crippen molar-refractivity contribution in [2.75, 3.05) is 6.61 Å². The van der Waals surface area contributed by atoms with Crippen molar-refractivity contribution in [3.05, 3.63) is 35.9 Å². The summed E-state index contributed by atoms with van der Waals surface area (Å²) >= 11 is 0. The third-order valence-electron chi connectivity index (χ3n) is 2.13. The highest BCUT2D eigenvalue weighted by molar-refractivity contribution is 6.46. The van der Waals surface area contributed by atoms with Gasteiger partial charge in [-0.05, 0) is 13.3 Å². The molecule has 1 rings (SSSR count). The Balaban J connectivity index is 2.88. The highest BCUT2D eigenvalue weighted by Crippen LogP contribution is 2.04. The lowest BCUT2D eigenvalue weighted by atomic mass is 10.1. The third kappa shape index (κ3) is 3.83. The smallest absolute Gasteiger partial charge is 0.433 e. The molecule has 0 aliphatic heterocycles. The number of hydrogen-bond donors (Lipinski definition) is 0. The van der Waals surface area contributed by atoms with Crippen LogP contribution in [0.2, 0.25) is 0 Å². The molecular weight excluding hydrogens is 218 g/mol. The van der Waals surface area contributed by atoms with Crippen LogP contribution in [0, 0.1) is 0 Å². The molecule has 90 valence electrons. The van der Waals surface area contributed by atoms with Gasteiger partial charge in [-0.15, -0.1) is 0 Å². The molecule has 0 spiro atoms. The molecule has 1 aromatic carbocycles. The second-order valence-electron chi connectivity index (χ2n) is 3.31. The minimum Gasteiger partial charge on any atom is -0.448 e. The molecule has 0 bridgehead atoms. The fourth-order valence-electron chi connectivity index (χ4n) is 1.31. The SMILES string of the molecule is CCOC(=O)/N=C(\CC)C(=O)c1ccccc1. The van der Waals surface area contributed by atoms with Crippen LogP contribution in [0.4, 0.5) is 4.79 Å². The Labute approximate surface area is 100 Å². The van der Waals surface area contributed by atoms with Gasteiger partial charge in [0.15, 0.2) is 0 Å². The monoisotopic (exact) mass is 233 g/mol. The number of hydrogen-bond acceptors (Lipinski definition) is 3. The molecule has 4 heteroatoms. The molecule has 0 atom stereocenters. The Bertz CT molecular complexity index is 424. The summed E-state index contributed by atoms with van der Waals surface area (Å²) in [5.74, 6) is -0.235. The van der Waals surface area contributed by atoms with Crippen molar-refractivity contribution in [3.8, 4) is 0 Å². The standard InChI is InChI=1S/C13H15NO3/c1-3-11(14-13(16)17-4-2)12(15)10-8-6-5-7-9-10/h5-9H,3-4H2,1-2H3/b14-11+. The molecule has 0 aromatic heterocycles. The Hall–Kier alpha value is -1.97. The van der Waals surface area contributed by atoms with Crippen LogP contribution < -0.4 is 0 Å². The highest BCUT2D eigenvalue weighted by atomic mass is 16.5. The van der Waals surface area contributed by atoms with Crippen LogP contribution in [0.15, 0.2) is 35.3 Å². The number of aliphatic imine (C=N–C) groups is 1. The first-order valence-electron chi connectivity index (χ1n) is 5.53. The van der Waals surface area contributed by atoms with Gasteiger partial charge in [-0.25, -0.2) is 4.79 Å². The minimum atomic E-state index is -0.714. The van der Waals surface area contributed by atoms with Crippen molar-refractivity contribution in [3.63, 3.8) is 0 Å². The summed E-state index contributed by atoms with van der Waals surface area (Å²) in [6, 6.07) is 8.75. The van der Waals surface area contributed by atoms with Gasteiger partial charge in [0.1, 0.15) is 0 Å². The third-order valence-corrected chi connectivity index (χ3v) is 2.13. The van der Waals surface area contributed by atoms with E-state index in [9.17, 15) is 9.59 Å². The number of amides is 1. The van der Waals surface area contributed by atoms with Crippen molar-refractivity contribution in [1.29, 1.82) is 0 Å². The van der Waals surface area contributed by atoms with Gasteiger partial charge in [-0.2, -0.15) is 4.99 Å². The van der Waals surface area contributed by atoms with E-state index in [2.05, 4.69) is 9.73 Å². The lowest BCUT2D eigenvalue weighted by Crippen LogP contribution is -2.16. The minimum absolute atomic E-state index is 0.217. The Morgan fingerprint density at radius 3 is 2.35 bits per heavy atom. The van der Waals surface area contributed by atoms with Gasteiger partial charge in [0.05, 0.1) is 12.3 Å². The van der Waals surface area contributed by atoms with Crippen molar-refractivity contribution in [2.24, 2.45) is 4.99 Å². The molecule has 0 radical (unpaired) electrons. The maximum absolute atomic E-state index is 12.0. The van der Waals surface area contributed by atoms with Crippen molar-refractivity contribution < 1.29 is 14.3 Å². The van der Waals surface area contributed by atoms with Gasteiger partial charge >= 0.3 is 6.09 Å². The van der Waals surface area contributed by atoms with Crippen LogP contribution >= 0.6 is 0 Å². The maximum atomic E-state index is 12.0. The second-order valence-corrected chi connectivity index (χ2v) is 3.31. The van der Waals surface area contributed by atoms with Crippen molar-refractivity contribution in [2.45, 2.75) is 20.3 Å². The second kappa shape index (κ2) is 6.58. The van der Waals surface area contributed by atoms with Crippen molar-refractivity contribution >= 4 is 17.6 Å². The van der Waals surface area contributed by atoms with Gasteiger partial charge in [0.2, 0.25) is 5.78 Å². The summed E-state index contributed by atoms with van der Waals surface area (Å²) in [6.45, 7) is 3.72. The first-order chi connectivity index (χ1) is 8.19. The molecule has 0 N–H and O–H groups in total. The van der Waals surface area contributed by atoms with E-state index in [1.54, 1.807) is 38.1 Å². The van der Waals surface area contributed by atoms with Gasteiger partial charge < -0.3 is 4.74 Å². The number of ether oxygens (including phenoxy) is 1. The summed E-state index contributed by atoms with van der Waals surface area (Å²) in [7, 11) is 0. The van der Waals surface area contributed by atoms with E-state index in [4.69, 9.17) is 0 Å². The molecule has 0 unspecified atom stereocenters. The van der Waals surface area contributed by atoms with E-state index in [1.807, 2.05) is 6.07 Å². The van der Waals surface area contributed by atoms with Crippen LogP contribution in [0.3, 0.4) is 0 Å². The van der Waals surface area contributed by atoms with Gasteiger partial charge in [0, 0.05) is 5.56 Å². The number of carbonyl (C=O) groups excluding carboxylic acids is 2. The van der Waals surface area contributed by atoms with Gasteiger partial charge in [-0.1, -0.05) is 37.3 Å². The lowest BCUT2D eigenvalue weighted by molar-refractivity contribution is 0.106. The topological polar surface area (TPSA) is 55.7 Å². The molecule has 1 aromatic rings.